The number of anilines is 1. The van der Waals surface area contributed by atoms with Crippen LogP contribution in [0, 0.1) is 0 Å². The molecule has 0 bridgehead atoms. The summed E-state index contributed by atoms with van der Waals surface area (Å²) in [5, 5.41) is 4.76. The predicted octanol–water partition coefficient (Wildman–Crippen LogP) is 4.70. The highest BCUT2D eigenvalue weighted by Crippen LogP contribution is 2.30. The van der Waals surface area contributed by atoms with E-state index in [2.05, 4.69) is 52.4 Å². The minimum atomic E-state index is 0.826. The second kappa shape index (κ2) is 7.43. The summed E-state index contributed by atoms with van der Waals surface area (Å²) in [5.74, 6) is 1.80. The van der Waals surface area contributed by atoms with Crippen LogP contribution in [0.5, 0.6) is 5.75 Å². The molecule has 0 N–H and O–H groups in total. The summed E-state index contributed by atoms with van der Waals surface area (Å²) in [4.78, 5) is 7.00. The van der Waals surface area contributed by atoms with Crippen LogP contribution in [0.1, 0.15) is 12.0 Å². The molecule has 1 aliphatic heterocycles. The van der Waals surface area contributed by atoms with Crippen LogP contribution < -0.4 is 9.64 Å². The Morgan fingerprint density at radius 2 is 1.83 bits per heavy atom. The van der Waals surface area contributed by atoms with Gasteiger partial charge >= 0.3 is 0 Å². The first kappa shape index (κ1) is 17.5. The maximum Gasteiger partial charge on any atom is 0.154 e. The van der Waals surface area contributed by atoms with E-state index in [1.807, 2.05) is 41.2 Å². The van der Waals surface area contributed by atoms with E-state index in [1.165, 1.54) is 11.1 Å². The van der Waals surface area contributed by atoms with Crippen molar-refractivity contribution >= 4 is 16.9 Å². The van der Waals surface area contributed by atoms with Gasteiger partial charge in [-0.1, -0.05) is 48.5 Å². The quantitative estimate of drug-likeness (QED) is 0.513. The van der Waals surface area contributed by atoms with E-state index in [0.29, 0.717) is 0 Å². The molecule has 2 aromatic carbocycles. The van der Waals surface area contributed by atoms with Gasteiger partial charge in [0.1, 0.15) is 11.3 Å². The average molecular weight is 382 g/mol. The molecule has 1 aliphatic rings. The van der Waals surface area contributed by atoms with Crippen molar-refractivity contribution in [2.45, 2.75) is 6.42 Å². The monoisotopic (exact) mass is 382 g/mol. The number of ether oxygens (including phenoxy) is 1. The minimum absolute atomic E-state index is 0.826. The summed E-state index contributed by atoms with van der Waals surface area (Å²) in [7, 11) is 1.68. The number of hydrogen-bond acceptors (Lipinski definition) is 4. The Hall–Kier alpha value is -3.60. The molecular formula is C24H22N4O. The number of benzene rings is 2. The molecular weight excluding hydrogens is 360 g/mol. The van der Waals surface area contributed by atoms with E-state index >= 15 is 0 Å². The van der Waals surface area contributed by atoms with Crippen LogP contribution in [0.3, 0.4) is 0 Å². The van der Waals surface area contributed by atoms with E-state index < -0.39 is 0 Å². The lowest BCUT2D eigenvalue weighted by Crippen LogP contribution is -2.29. The van der Waals surface area contributed by atoms with Crippen molar-refractivity contribution < 1.29 is 4.74 Å². The van der Waals surface area contributed by atoms with Crippen LogP contribution in [0.2, 0.25) is 0 Å². The average Bonchev–Trinajstić information content (AvgIpc) is 3.24. The van der Waals surface area contributed by atoms with E-state index in [1.54, 1.807) is 7.11 Å². The second-order valence-corrected chi connectivity index (χ2v) is 7.13. The minimum Gasteiger partial charge on any atom is -0.497 e. The number of hydrogen-bond donors (Lipinski definition) is 0. The maximum atomic E-state index is 5.35. The molecule has 0 saturated heterocycles. The van der Waals surface area contributed by atoms with Gasteiger partial charge in [-0.25, -0.2) is 9.50 Å². The Morgan fingerprint density at radius 1 is 0.966 bits per heavy atom. The van der Waals surface area contributed by atoms with Crippen molar-refractivity contribution in [3.63, 3.8) is 0 Å². The highest BCUT2D eigenvalue weighted by atomic mass is 16.5. The zero-order valence-electron chi connectivity index (χ0n) is 16.3. The highest BCUT2D eigenvalue weighted by Gasteiger charge is 2.18. The molecule has 5 heteroatoms. The molecule has 5 rings (SSSR count). The van der Waals surface area contributed by atoms with Crippen LogP contribution in [0.25, 0.3) is 22.3 Å². The van der Waals surface area contributed by atoms with Gasteiger partial charge in [0.15, 0.2) is 5.82 Å². The van der Waals surface area contributed by atoms with E-state index in [-0.39, 0.29) is 0 Å². The van der Waals surface area contributed by atoms with Crippen LogP contribution in [-0.4, -0.2) is 34.8 Å². The molecule has 0 saturated carbocycles. The van der Waals surface area contributed by atoms with Gasteiger partial charge in [-0.2, -0.15) is 5.10 Å². The van der Waals surface area contributed by atoms with Gasteiger partial charge in [0, 0.05) is 31.0 Å². The first-order valence-electron chi connectivity index (χ1n) is 9.80. The molecule has 144 valence electrons. The zero-order valence-corrected chi connectivity index (χ0v) is 16.3. The molecule has 0 spiro atoms. The van der Waals surface area contributed by atoms with E-state index in [4.69, 9.17) is 9.84 Å². The fourth-order valence-corrected chi connectivity index (χ4v) is 3.85. The summed E-state index contributed by atoms with van der Waals surface area (Å²) >= 11 is 0. The summed E-state index contributed by atoms with van der Waals surface area (Å²) in [6, 6.07) is 20.7. The van der Waals surface area contributed by atoms with Gasteiger partial charge in [-0.05, 0) is 35.8 Å². The molecule has 5 nitrogen and oxygen atoms in total. The van der Waals surface area contributed by atoms with Crippen molar-refractivity contribution in [3.8, 4) is 17.0 Å². The smallest absolute Gasteiger partial charge is 0.154 e. The van der Waals surface area contributed by atoms with Gasteiger partial charge in [-0.15, -0.1) is 0 Å². The van der Waals surface area contributed by atoms with E-state index in [9.17, 15) is 0 Å². The zero-order chi connectivity index (χ0) is 19.6. The van der Waals surface area contributed by atoms with Crippen molar-refractivity contribution in [2.75, 3.05) is 25.1 Å². The Balaban J connectivity index is 1.47. The van der Waals surface area contributed by atoms with Gasteiger partial charge in [-0.3, -0.25) is 0 Å². The lowest BCUT2D eigenvalue weighted by Gasteiger charge is -2.28. The summed E-state index contributed by atoms with van der Waals surface area (Å²) in [6.07, 6.45) is 7.03. The molecule has 29 heavy (non-hydrogen) atoms. The number of fused-ring (bicyclic) bond motifs is 1. The van der Waals surface area contributed by atoms with Crippen LogP contribution in [-0.2, 0) is 0 Å². The third-order valence-corrected chi connectivity index (χ3v) is 5.39. The lowest BCUT2D eigenvalue weighted by atomic mass is 9.99. The molecule has 0 radical (unpaired) electrons. The number of methoxy groups -OCH3 is 1. The van der Waals surface area contributed by atoms with Crippen LogP contribution in [0.15, 0.2) is 79.1 Å². The summed E-state index contributed by atoms with van der Waals surface area (Å²) < 4.78 is 7.26. The van der Waals surface area contributed by atoms with Crippen molar-refractivity contribution in [1.29, 1.82) is 0 Å². The van der Waals surface area contributed by atoms with Crippen molar-refractivity contribution in [3.05, 3.63) is 84.7 Å². The normalized spacial score (nSPS) is 14.1. The largest absolute Gasteiger partial charge is 0.497 e. The number of aromatic nitrogens is 3. The first-order valence-corrected chi connectivity index (χ1v) is 9.80. The number of nitrogens with zero attached hydrogens (tertiary/aromatic N) is 4. The van der Waals surface area contributed by atoms with Crippen molar-refractivity contribution in [1.82, 2.24) is 14.6 Å². The molecule has 0 unspecified atom stereocenters. The lowest BCUT2D eigenvalue weighted by molar-refractivity contribution is 0.415. The molecule has 2 aromatic heterocycles. The second-order valence-electron chi connectivity index (χ2n) is 7.13. The summed E-state index contributed by atoms with van der Waals surface area (Å²) in [5.41, 5.74) is 5.67. The first-order chi connectivity index (χ1) is 14.3. The van der Waals surface area contributed by atoms with Crippen molar-refractivity contribution in [2.24, 2.45) is 0 Å². The van der Waals surface area contributed by atoms with E-state index in [0.717, 1.165) is 47.9 Å². The van der Waals surface area contributed by atoms with Crippen LogP contribution in [0.4, 0.5) is 5.82 Å². The maximum absolute atomic E-state index is 5.35. The SMILES string of the molecule is COc1cccc(-c2cc3c(N4CC=C(c5ccccc5)CC4)nccn3n2)c1. The highest BCUT2D eigenvalue weighted by molar-refractivity contribution is 5.77. The van der Waals surface area contributed by atoms with Crippen LogP contribution >= 0.6 is 0 Å². The van der Waals surface area contributed by atoms with Gasteiger partial charge in [0.05, 0.1) is 12.8 Å². The van der Waals surface area contributed by atoms with Gasteiger partial charge in [0.25, 0.3) is 0 Å². The molecule has 0 fully saturated rings. The number of rotatable bonds is 4. The Kier molecular flexibility index (Phi) is 4.48. The molecule has 0 aliphatic carbocycles. The standard InChI is InChI=1S/C24H22N4O/c1-29-21-9-5-8-20(16-21)22-17-23-24(25-12-15-28(23)26-22)27-13-10-19(11-14-27)18-6-3-2-4-7-18/h2-10,12,15-17H,11,13-14H2,1H3. The molecule has 4 aromatic rings. The topological polar surface area (TPSA) is 42.7 Å². The predicted molar refractivity (Wildman–Crippen MR) is 116 cm³/mol. The molecule has 0 atom stereocenters. The summed E-state index contributed by atoms with van der Waals surface area (Å²) in [6.45, 7) is 1.78. The Bertz CT molecular complexity index is 1180. The van der Waals surface area contributed by atoms with Gasteiger partial charge < -0.3 is 9.64 Å². The third-order valence-electron chi connectivity index (χ3n) is 5.39. The molecule has 3 heterocycles. The fourth-order valence-electron chi connectivity index (χ4n) is 3.85. The Morgan fingerprint density at radius 3 is 2.62 bits per heavy atom. The molecule has 0 amide bonds. The Labute approximate surface area is 169 Å². The fraction of sp³-hybridized carbons (Fsp3) is 0.167. The third kappa shape index (κ3) is 3.36. The van der Waals surface area contributed by atoms with Gasteiger partial charge in [0.2, 0.25) is 0 Å².